The van der Waals surface area contributed by atoms with Crippen molar-refractivity contribution in [2.45, 2.75) is 11.8 Å². The molecule has 0 bridgehead atoms. The number of ether oxygens (including phenoxy) is 2. The Balaban J connectivity index is 2.44. The molecule has 0 saturated heterocycles. The number of rotatable bonds is 3. The topological polar surface area (TPSA) is 60.2 Å². The first-order valence-electron chi connectivity index (χ1n) is 5.13. The van der Waals surface area contributed by atoms with Crippen LogP contribution in [-0.4, -0.2) is 26.4 Å². The van der Waals surface area contributed by atoms with Crippen LogP contribution in [0.15, 0.2) is 28.4 Å². The van der Waals surface area contributed by atoms with Crippen LogP contribution < -0.4 is 4.74 Å². The summed E-state index contributed by atoms with van der Waals surface area (Å²) in [6.45, 7) is 0. The summed E-state index contributed by atoms with van der Waals surface area (Å²) in [5.74, 6) is -0.723. The molecule has 19 heavy (non-hydrogen) atoms. The zero-order chi connectivity index (χ0) is 14.3. The van der Waals surface area contributed by atoms with Gasteiger partial charge in [0, 0.05) is 5.56 Å². The smallest absolute Gasteiger partial charge is 0.442 e. The monoisotopic (exact) mass is 276 g/mol. The number of hydrogen-bond donors (Lipinski definition) is 0. The first-order chi connectivity index (χ1) is 8.85. The summed E-state index contributed by atoms with van der Waals surface area (Å²) in [4.78, 5) is 11.4. The van der Waals surface area contributed by atoms with Gasteiger partial charge in [-0.15, -0.1) is 10.2 Å². The minimum absolute atomic E-state index is 0.0229. The standard InChI is InChI=1S/C11H9F3N2O3/c1-18-8-5-6(3-4-7(8)9(17)19-2)10(15-16-10)11(12,13)14/h3-5H,1-2H3/i1+2. The highest BCUT2D eigenvalue weighted by atomic mass is 19.4. The molecule has 0 spiro atoms. The van der Waals surface area contributed by atoms with E-state index in [9.17, 15) is 18.0 Å². The van der Waals surface area contributed by atoms with Crippen molar-refractivity contribution < 1.29 is 27.4 Å². The molecule has 1 heterocycles. The molecule has 0 amide bonds. The summed E-state index contributed by atoms with van der Waals surface area (Å²) in [6, 6.07) is 3.40. The molecule has 5 nitrogen and oxygen atoms in total. The summed E-state index contributed by atoms with van der Waals surface area (Å²) < 4.78 is 47.9. The summed E-state index contributed by atoms with van der Waals surface area (Å²) in [5, 5.41) is 6.15. The van der Waals surface area contributed by atoms with E-state index < -0.39 is 17.8 Å². The minimum Gasteiger partial charge on any atom is -0.496 e. The van der Waals surface area contributed by atoms with Gasteiger partial charge < -0.3 is 9.47 Å². The molecule has 0 unspecified atom stereocenters. The maximum Gasteiger partial charge on any atom is 0.442 e. The predicted octanol–water partition coefficient (Wildman–Crippen LogP) is 2.66. The van der Waals surface area contributed by atoms with Crippen LogP contribution in [0.5, 0.6) is 5.75 Å². The second-order valence-electron chi connectivity index (χ2n) is 3.78. The van der Waals surface area contributed by atoms with Gasteiger partial charge in [-0.1, -0.05) is 6.07 Å². The van der Waals surface area contributed by atoms with Crippen molar-refractivity contribution in [1.29, 1.82) is 0 Å². The second-order valence-corrected chi connectivity index (χ2v) is 3.78. The van der Waals surface area contributed by atoms with E-state index in [1.54, 1.807) is 0 Å². The third-order valence-corrected chi connectivity index (χ3v) is 2.70. The molecule has 1 aromatic carbocycles. The van der Waals surface area contributed by atoms with Gasteiger partial charge in [0.2, 0.25) is 0 Å². The number of methoxy groups -OCH3 is 2. The summed E-state index contributed by atoms with van der Waals surface area (Å²) in [7, 11) is 2.41. The van der Waals surface area contributed by atoms with Gasteiger partial charge in [-0.3, -0.25) is 0 Å². The molecule has 1 aliphatic rings. The highest BCUT2D eigenvalue weighted by Gasteiger charge is 2.65. The molecular formula is C11H9F3N2O3. The average Bonchev–Trinajstić information content (AvgIpc) is 3.18. The lowest BCUT2D eigenvalue weighted by atomic mass is 10.0. The Kier molecular flexibility index (Phi) is 2.95. The molecule has 0 N–H and O–H groups in total. The number of carbonyl (C=O) groups is 1. The van der Waals surface area contributed by atoms with Crippen LogP contribution in [0.25, 0.3) is 0 Å². The van der Waals surface area contributed by atoms with Crippen LogP contribution in [0.4, 0.5) is 13.2 Å². The number of carbonyl (C=O) groups excluding carboxylic acids is 1. The van der Waals surface area contributed by atoms with E-state index in [1.807, 2.05) is 0 Å². The number of esters is 1. The van der Waals surface area contributed by atoms with Crippen LogP contribution in [-0.2, 0) is 10.4 Å². The first kappa shape index (κ1) is 13.3. The normalized spacial score (nSPS) is 16.1. The lowest BCUT2D eigenvalue weighted by Crippen LogP contribution is -2.30. The minimum atomic E-state index is -4.62. The van der Waals surface area contributed by atoms with Gasteiger partial charge in [-0.2, -0.15) is 13.2 Å². The molecule has 0 aliphatic carbocycles. The van der Waals surface area contributed by atoms with E-state index in [-0.39, 0.29) is 16.9 Å². The van der Waals surface area contributed by atoms with Crippen LogP contribution in [0, 0.1) is 0 Å². The van der Waals surface area contributed by atoms with Crippen molar-refractivity contribution in [3.05, 3.63) is 29.3 Å². The number of nitrogens with zero attached hydrogens (tertiary/aromatic N) is 2. The largest absolute Gasteiger partial charge is 0.496 e. The molecule has 0 radical (unpaired) electrons. The molecule has 1 aliphatic heterocycles. The van der Waals surface area contributed by atoms with Crippen LogP contribution in [0.2, 0.25) is 0 Å². The van der Waals surface area contributed by atoms with Crippen molar-refractivity contribution >= 4 is 5.97 Å². The van der Waals surface area contributed by atoms with Crippen LogP contribution in [0.1, 0.15) is 15.9 Å². The maximum absolute atomic E-state index is 12.8. The van der Waals surface area contributed by atoms with E-state index in [0.29, 0.717) is 0 Å². The Hall–Kier alpha value is -2.12. The third-order valence-electron chi connectivity index (χ3n) is 2.70. The lowest BCUT2D eigenvalue weighted by molar-refractivity contribution is -0.166. The Labute approximate surface area is 106 Å². The van der Waals surface area contributed by atoms with Crippen LogP contribution in [0.3, 0.4) is 0 Å². The first-order valence-corrected chi connectivity index (χ1v) is 5.13. The van der Waals surface area contributed by atoms with Crippen molar-refractivity contribution in [3.63, 3.8) is 0 Å². The molecule has 0 saturated carbocycles. The molecule has 102 valence electrons. The van der Waals surface area contributed by atoms with E-state index in [1.165, 1.54) is 20.3 Å². The van der Waals surface area contributed by atoms with Crippen LogP contribution >= 0.6 is 0 Å². The van der Waals surface area contributed by atoms with E-state index in [2.05, 4.69) is 15.0 Å². The number of alkyl halides is 3. The summed E-state index contributed by atoms with van der Waals surface area (Å²) in [6.07, 6.45) is -4.62. The molecule has 0 atom stereocenters. The van der Waals surface area contributed by atoms with Gasteiger partial charge in [0.15, 0.2) is 0 Å². The fourth-order valence-electron chi connectivity index (χ4n) is 1.63. The molecule has 1 aromatic rings. The average molecular weight is 276 g/mol. The highest BCUT2D eigenvalue weighted by molar-refractivity contribution is 5.92. The molecule has 2 rings (SSSR count). The van der Waals surface area contributed by atoms with E-state index >= 15 is 0 Å². The number of halogens is 3. The Morgan fingerprint density at radius 1 is 1.37 bits per heavy atom. The summed E-state index contributed by atoms with van der Waals surface area (Å²) in [5.41, 5.74) is -2.70. The highest BCUT2D eigenvalue weighted by Crippen LogP contribution is 2.52. The van der Waals surface area contributed by atoms with E-state index in [4.69, 9.17) is 4.74 Å². The SMILES string of the molecule is COC(=O)c1ccc(C2(C(F)(F)F)N=N2)cc1O[14CH3]. The fraction of sp³-hybridized carbons (Fsp3) is 0.364. The Morgan fingerprint density at radius 3 is 2.42 bits per heavy atom. The van der Waals surface area contributed by atoms with Gasteiger partial charge in [0.1, 0.15) is 11.3 Å². The lowest BCUT2D eigenvalue weighted by Gasteiger charge is -2.16. The van der Waals surface area contributed by atoms with E-state index in [0.717, 1.165) is 12.1 Å². The molecular weight excluding hydrogens is 267 g/mol. The Morgan fingerprint density at radius 2 is 2.00 bits per heavy atom. The Bertz CT molecular complexity index is 549. The quantitative estimate of drug-likeness (QED) is 0.797. The number of benzene rings is 1. The van der Waals surface area contributed by atoms with Gasteiger partial charge in [-0.05, 0) is 12.1 Å². The van der Waals surface area contributed by atoms with Crippen molar-refractivity contribution in [3.8, 4) is 5.75 Å². The van der Waals surface area contributed by atoms with Crippen molar-refractivity contribution in [2.75, 3.05) is 14.2 Å². The fourth-order valence-corrected chi connectivity index (χ4v) is 1.63. The van der Waals surface area contributed by atoms with Gasteiger partial charge in [-0.25, -0.2) is 4.79 Å². The van der Waals surface area contributed by atoms with Gasteiger partial charge in [0.25, 0.3) is 0 Å². The second kappa shape index (κ2) is 4.22. The van der Waals surface area contributed by atoms with Crippen molar-refractivity contribution in [2.24, 2.45) is 10.2 Å². The molecule has 8 heteroatoms. The number of hydrogen-bond acceptors (Lipinski definition) is 5. The molecule has 0 aromatic heterocycles. The van der Waals surface area contributed by atoms with Gasteiger partial charge >= 0.3 is 17.8 Å². The van der Waals surface area contributed by atoms with Crippen molar-refractivity contribution in [1.82, 2.24) is 0 Å². The molecule has 0 fully saturated rings. The van der Waals surface area contributed by atoms with Gasteiger partial charge in [0.05, 0.1) is 14.2 Å². The zero-order valence-electron chi connectivity index (χ0n) is 9.99. The zero-order valence-corrected chi connectivity index (χ0v) is 9.99. The summed E-state index contributed by atoms with van der Waals surface area (Å²) >= 11 is 0. The predicted molar refractivity (Wildman–Crippen MR) is 56.9 cm³/mol. The third kappa shape index (κ3) is 2.02. The maximum atomic E-state index is 12.8.